The Balaban J connectivity index is 3.05. The number of amides is 1. The second-order valence-electron chi connectivity index (χ2n) is 3.17. The van der Waals surface area contributed by atoms with Crippen LogP contribution in [0.15, 0.2) is 16.9 Å². The molecule has 9 heteroatoms. The van der Waals surface area contributed by atoms with Gasteiger partial charge in [-0.1, -0.05) is 0 Å². The Hall–Kier alpha value is -1.64. The van der Waals surface area contributed by atoms with Crippen LogP contribution in [-0.2, 0) is 16.0 Å². The number of nitrogens with one attached hydrogen (secondary N) is 1. The third-order valence-electron chi connectivity index (χ3n) is 1.84. The number of hydrogen-bond donors (Lipinski definition) is 2. The lowest BCUT2D eigenvalue weighted by molar-refractivity contribution is -0.167. The molecule has 0 aliphatic heterocycles. The Kier molecular flexibility index (Phi) is 4.28. The molecule has 18 heavy (non-hydrogen) atoms. The van der Waals surface area contributed by atoms with Gasteiger partial charge in [-0.2, -0.15) is 13.2 Å². The van der Waals surface area contributed by atoms with Crippen LogP contribution in [0.5, 0.6) is 0 Å². The van der Waals surface area contributed by atoms with E-state index in [0.29, 0.717) is 0 Å². The Morgan fingerprint density at radius 3 is 2.50 bits per heavy atom. The van der Waals surface area contributed by atoms with Gasteiger partial charge in [-0.05, 0) is 15.9 Å². The number of nitrogens with zero attached hydrogens (tertiary/aromatic N) is 1. The fourth-order valence-corrected chi connectivity index (χ4v) is 1.57. The minimum atomic E-state index is -5.05. The Bertz CT molecular complexity index is 490. The van der Waals surface area contributed by atoms with Gasteiger partial charge in [-0.25, -0.2) is 0 Å². The van der Waals surface area contributed by atoms with E-state index in [-0.39, 0.29) is 15.7 Å². The molecule has 0 spiro atoms. The van der Waals surface area contributed by atoms with Gasteiger partial charge in [-0.15, -0.1) is 0 Å². The second kappa shape index (κ2) is 5.34. The van der Waals surface area contributed by atoms with Crippen molar-refractivity contribution in [1.82, 2.24) is 4.98 Å². The van der Waals surface area contributed by atoms with E-state index >= 15 is 0 Å². The maximum atomic E-state index is 12.1. The number of hydrogen-bond acceptors (Lipinski definition) is 3. The van der Waals surface area contributed by atoms with E-state index < -0.39 is 24.5 Å². The summed E-state index contributed by atoms with van der Waals surface area (Å²) in [6, 6.07) is 0. The zero-order valence-corrected chi connectivity index (χ0v) is 10.2. The molecule has 0 bridgehead atoms. The van der Waals surface area contributed by atoms with Crippen LogP contribution in [0.25, 0.3) is 0 Å². The number of carboxylic acids is 1. The number of carboxylic acid groups (broad SMARTS) is 1. The van der Waals surface area contributed by atoms with E-state index in [1.165, 1.54) is 6.20 Å². The Morgan fingerprint density at radius 1 is 1.39 bits per heavy atom. The summed E-state index contributed by atoms with van der Waals surface area (Å²) < 4.78 is 36.4. The van der Waals surface area contributed by atoms with E-state index in [4.69, 9.17) is 5.11 Å². The molecule has 0 fully saturated rings. The van der Waals surface area contributed by atoms with Gasteiger partial charge in [-0.3, -0.25) is 14.6 Å². The number of anilines is 1. The first-order valence-corrected chi connectivity index (χ1v) is 5.23. The van der Waals surface area contributed by atoms with Crippen molar-refractivity contribution in [2.24, 2.45) is 0 Å². The van der Waals surface area contributed by atoms with E-state index in [2.05, 4.69) is 20.9 Å². The van der Waals surface area contributed by atoms with Gasteiger partial charge in [0.1, 0.15) is 0 Å². The molecule has 0 saturated carbocycles. The summed E-state index contributed by atoms with van der Waals surface area (Å²) in [7, 11) is 0. The topological polar surface area (TPSA) is 79.3 Å². The molecule has 2 N–H and O–H groups in total. The smallest absolute Gasteiger partial charge is 0.471 e. The van der Waals surface area contributed by atoms with Crippen LogP contribution in [0.3, 0.4) is 0 Å². The zero-order valence-electron chi connectivity index (χ0n) is 8.58. The quantitative estimate of drug-likeness (QED) is 0.890. The molecule has 1 aromatic rings. The Labute approximate surface area is 107 Å². The van der Waals surface area contributed by atoms with E-state index in [0.717, 1.165) is 6.20 Å². The van der Waals surface area contributed by atoms with Crippen LogP contribution in [0, 0.1) is 0 Å². The summed E-state index contributed by atoms with van der Waals surface area (Å²) in [5, 5.41) is 10.2. The highest BCUT2D eigenvalue weighted by molar-refractivity contribution is 9.10. The molecule has 0 saturated heterocycles. The van der Waals surface area contributed by atoms with Gasteiger partial charge in [0.05, 0.1) is 18.3 Å². The molecule has 0 aliphatic rings. The largest absolute Gasteiger partial charge is 0.481 e. The first-order valence-electron chi connectivity index (χ1n) is 4.44. The monoisotopic (exact) mass is 326 g/mol. The second-order valence-corrected chi connectivity index (χ2v) is 4.02. The minimum absolute atomic E-state index is 0.00935. The summed E-state index contributed by atoms with van der Waals surface area (Å²) >= 11 is 2.96. The summed E-state index contributed by atoms with van der Waals surface area (Å²) in [5.74, 6) is -3.43. The van der Waals surface area contributed by atoms with Gasteiger partial charge >= 0.3 is 18.1 Å². The first-order chi connectivity index (χ1) is 8.21. The number of pyridine rings is 1. The maximum Gasteiger partial charge on any atom is 0.471 e. The molecule has 0 aliphatic carbocycles. The summed E-state index contributed by atoms with van der Waals surface area (Å²) in [5.41, 5.74) is -0.288. The van der Waals surface area contributed by atoms with Crippen molar-refractivity contribution in [3.63, 3.8) is 0 Å². The highest BCUT2D eigenvalue weighted by atomic mass is 79.9. The van der Waals surface area contributed by atoms with Crippen LogP contribution >= 0.6 is 15.9 Å². The number of rotatable bonds is 3. The number of carbonyl (C=O) groups is 2. The average molecular weight is 327 g/mol. The molecule has 0 radical (unpaired) electrons. The van der Waals surface area contributed by atoms with E-state index in [9.17, 15) is 22.8 Å². The van der Waals surface area contributed by atoms with Crippen LogP contribution in [0.1, 0.15) is 5.56 Å². The van der Waals surface area contributed by atoms with Crippen LogP contribution in [-0.4, -0.2) is 28.1 Å². The van der Waals surface area contributed by atoms with Crippen molar-refractivity contribution in [2.75, 3.05) is 5.32 Å². The molecule has 0 unspecified atom stereocenters. The van der Waals surface area contributed by atoms with Crippen LogP contribution in [0.2, 0.25) is 0 Å². The van der Waals surface area contributed by atoms with Crippen molar-refractivity contribution in [3.8, 4) is 0 Å². The summed E-state index contributed by atoms with van der Waals surface area (Å²) in [6.07, 6.45) is -3.42. The predicted molar refractivity (Wildman–Crippen MR) is 58.0 cm³/mol. The third-order valence-corrected chi connectivity index (χ3v) is 2.52. The van der Waals surface area contributed by atoms with Crippen LogP contribution < -0.4 is 5.32 Å². The lowest BCUT2D eigenvalue weighted by Gasteiger charge is -2.12. The molecule has 1 rings (SSSR count). The molecule has 0 atom stereocenters. The maximum absolute atomic E-state index is 12.1. The fourth-order valence-electron chi connectivity index (χ4n) is 1.09. The number of alkyl halides is 3. The SMILES string of the molecule is O=C(O)Cc1c(Br)cncc1NC(=O)C(F)(F)F. The van der Waals surface area contributed by atoms with Gasteiger partial charge in [0.15, 0.2) is 0 Å². The molecule has 1 aromatic heterocycles. The van der Waals surface area contributed by atoms with Crippen molar-refractivity contribution >= 4 is 33.5 Å². The predicted octanol–water partition coefficient (Wildman–Crippen LogP) is 1.97. The van der Waals surface area contributed by atoms with Gasteiger partial charge in [0, 0.05) is 16.2 Å². The highest BCUT2D eigenvalue weighted by Crippen LogP contribution is 2.26. The van der Waals surface area contributed by atoms with Crippen molar-refractivity contribution in [1.29, 1.82) is 0 Å². The number of halogens is 4. The standard InChI is InChI=1S/C9H6BrF3N2O3/c10-5-2-14-3-6(4(5)1-7(16)17)15-8(18)9(11,12)13/h2-3H,1H2,(H,15,18)(H,16,17). The lowest BCUT2D eigenvalue weighted by atomic mass is 10.1. The van der Waals surface area contributed by atoms with Crippen molar-refractivity contribution in [3.05, 3.63) is 22.4 Å². The van der Waals surface area contributed by atoms with Crippen LogP contribution in [0.4, 0.5) is 18.9 Å². The molecule has 1 heterocycles. The van der Waals surface area contributed by atoms with Crippen molar-refractivity contribution < 1.29 is 27.9 Å². The lowest BCUT2D eigenvalue weighted by Crippen LogP contribution is -2.30. The molecule has 98 valence electrons. The van der Waals surface area contributed by atoms with Gasteiger partial charge in [0.25, 0.3) is 0 Å². The highest BCUT2D eigenvalue weighted by Gasteiger charge is 2.39. The fraction of sp³-hybridized carbons (Fsp3) is 0.222. The molecule has 1 amide bonds. The summed E-state index contributed by atoms with van der Waals surface area (Å²) in [4.78, 5) is 24.9. The Morgan fingerprint density at radius 2 is 2.00 bits per heavy atom. The molecular formula is C9H6BrF3N2O3. The number of carbonyl (C=O) groups excluding carboxylic acids is 1. The minimum Gasteiger partial charge on any atom is -0.481 e. The van der Waals surface area contributed by atoms with E-state index in [1.807, 2.05) is 0 Å². The number of aromatic nitrogens is 1. The van der Waals surface area contributed by atoms with Gasteiger partial charge < -0.3 is 10.4 Å². The first kappa shape index (κ1) is 14.4. The molecule has 5 nitrogen and oxygen atoms in total. The van der Waals surface area contributed by atoms with E-state index in [1.54, 1.807) is 5.32 Å². The molecule has 0 aromatic carbocycles. The van der Waals surface area contributed by atoms with Gasteiger partial charge in [0.2, 0.25) is 0 Å². The number of aliphatic carboxylic acids is 1. The normalized spacial score (nSPS) is 11.1. The zero-order chi connectivity index (χ0) is 13.9. The molecular weight excluding hydrogens is 321 g/mol. The van der Waals surface area contributed by atoms with Crippen molar-refractivity contribution in [2.45, 2.75) is 12.6 Å². The summed E-state index contributed by atoms with van der Waals surface area (Å²) in [6.45, 7) is 0. The average Bonchev–Trinajstić information content (AvgIpc) is 2.21. The third kappa shape index (κ3) is 3.69.